The summed E-state index contributed by atoms with van der Waals surface area (Å²) >= 11 is 1.61. The van der Waals surface area contributed by atoms with E-state index in [0.29, 0.717) is 6.42 Å². The Hall–Kier alpha value is -0.630. The molecule has 1 atom stereocenters. The molecule has 0 aliphatic rings. The second-order valence-electron chi connectivity index (χ2n) is 3.61. The van der Waals surface area contributed by atoms with Gasteiger partial charge in [-0.2, -0.15) is 13.2 Å². The zero-order valence-corrected chi connectivity index (χ0v) is 9.98. The first-order valence-corrected chi connectivity index (χ1v) is 6.02. The zero-order valence-electron chi connectivity index (χ0n) is 9.17. The summed E-state index contributed by atoms with van der Waals surface area (Å²) < 4.78 is 40.1. The Bertz CT molecular complexity index is 303. The molecule has 0 aliphatic carbocycles. The van der Waals surface area contributed by atoms with Crippen molar-refractivity contribution in [2.24, 2.45) is 5.84 Å². The van der Waals surface area contributed by atoms with Crippen LogP contribution in [0.15, 0.2) is 17.5 Å². The molecule has 17 heavy (non-hydrogen) atoms. The molecule has 0 fully saturated rings. The Balaban J connectivity index is 2.20. The van der Waals surface area contributed by atoms with Crippen LogP contribution in [0.4, 0.5) is 13.2 Å². The molecule has 0 aliphatic heterocycles. The van der Waals surface area contributed by atoms with Gasteiger partial charge in [0.25, 0.3) is 0 Å². The van der Waals surface area contributed by atoms with Gasteiger partial charge in [-0.05, 0) is 24.3 Å². The normalized spacial score (nSPS) is 13.9. The van der Waals surface area contributed by atoms with E-state index >= 15 is 0 Å². The van der Waals surface area contributed by atoms with Crippen molar-refractivity contribution in [1.82, 2.24) is 5.43 Å². The number of thiophene rings is 1. The number of nitrogens with one attached hydrogen (secondary N) is 1. The van der Waals surface area contributed by atoms with Gasteiger partial charge in [0.15, 0.2) is 0 Å². The Morgan fingerprint density at radius 1 is 1.47 bits per heavy atom. The summed E-state index contributed by atoms with van der Waals surface area (Å²) in [6, 6.07) is 3.65. The molecule has 0 saturated heterocycles. The first kappa shape index (κ1) is 14.4. The van der Waals surface area contributed by atoms with E-state index in [1.807, 2.05) is 17.5 Å². The molecule has 0 saturated carbocycles. The van der Waals surface area contributed by atoms with E-state index in [4.69, 9.17) is 5.84 Å². The van der Waals surface area contributed by atoms with Crippen LogP contribution in [0, 0.1) is 0 Å². The first-order valence-electron chi connectivity index (χ1n) is 5.14. The molecular weight excluding hydrogens is 253 g/mol. The smallest absolute Gasteiger partial charge is 0.370 e. The highest BCUT2D eigenvalue weighted by atomic mass is 32.1. The summed E-state index contributed by atoms with van der Waals surface area (Å²) in [4.78, 5) is 1.18. The summed E-state index contributed by atoms with van der Waals surface area (Å²) in [5.41, 5.74) is 2.46. The minimum Gasteiger partial charge on any atom is -0.370 e. The predicted octanol–water partition coefficient (Wildman–Crippen LogP) is 2.09. The average molecular weight is 268 g/mol. The number of hydrogen-bond donors (Lipinski definition) is 2. The van der Waals surface area contributed by atoms with Gasteiger partial charge >= 0.3 is 6.18 Å². The molecule has 1 heterocycles. The molecule has 3 N–H and O–H groups in total. The molecule has 0 aromatic carbocycles. The number of hydrazine groups is 1. The van der Waals surface area contributed by atoms with Crippen molar-refractivity contribution in [1.29, 1.82) is 0 Å². The lowest BCUT2D eigenvalue weighted by Gasteiger charge is -2.16. The first-order chi connectivity index (χ1) is 8.01. The van der Waals surface area contributed by atoms with Crippen molar-refractivity contribution in [3.05, 3.63) is 22.4 Å². The van der Waals surface area contributed by atoms with Crippen molar-refractivity contribution in [3.63, 3.8) is 0 Å². The summed E-state index contributed by atoms with van der Waals surface area (Å²) in [5.74, 6) is 5.25. The standard InChI is InChI=1S/C10H15F3N2OS/c11-10(12,13)7-16-6-8(15-14)3-4-9-2-1-5-17-9/h1-2,5,8,15H,3-4,6-7,14H2. The van der Waals surface area contributed by atoms with Gasteiger partial charge in [0.05, 0.1) is 6.61 Å². The molecule has 1 rings (SSSR count). The Morgan fingerprint density at radius 3 is 2.76 bits per heavy atom. The lowest BCUT2D eigenvalue weighted by atomic mass is 10.1. The number of hydrogen-bond acceptors (Lipinski definition) is 4. The van der Waals surface area contributed by atoms with Gasteiger partial charge in [-0.1, -0.05) is 6.07 Å². The maximum atomic E-state index is 11.8. The molecule has 1 aromatic rings. The number of rotatable bonds is 7. The lowest BCUT2D eigenvalue weighted by Crippen LogP contribution is -2.39. The Labute approximate surface area is 102 Å². The van der Waals surface area contributed by atoms with Crippen LogP contribution in [0.5, 0.6) is 0 Å². The van der Waals surface area contributed by atoms with Crippen LogP contribution < -0.4 is 11.3 Å². The third-order valence-electron chi connectivity index (χ3n) is 2.14. The minimum atomic E-state index is -4.28. The van der Waals surface area contributed by atoms with Crippen molar-refractivity contribution in [2.75, 3.05) is 13.2 Å². The van der Waals surface area contributed by atoms with Crippen LogP contribution in [-0.4, -0.2) is 25.4 Å². The Morgan fingerprint density at radius 2 is 2.24 bits per heavy atom. The van der Waals surface area contributed by atoms with Crippen LogP contribution in [0.25, 0.3) is 0 Å². The van der Waals surface area contributed by atoms with Gasteiger partial charge in [0.1, 0.15) is 6.61 Å². The second kappa shape index (κ2) is 6.95. The van der Waals surface area contributed by atoms with E-state index in [1.54, 1.807) is 11.3 Å². The third-order valence-corrected chi connectivity index (χ3v) is 3.08. The fraction of sp³-hybridized carbons (Fsp3) is 0.600. The molecule has 1 aromatic heterocycles. The van der Waals surface area contributed by atoms with Crippen LogP contribution in [0.3, 0.4) is 0 Å². The molecule has 0 bridgehead atoms. The van der Waals surface area contributed by atoms with Gasteiger partial charge in [-0.25, -0.2) is 0 Å². The van der Waals surface area contributed by atoms with Gasteiger partial charge in [-0.3, -0.25) is 11.3 Å². The van der Waals surface area contributed by atoms with E-state index in [-0.39, 0.29) is 12.6 Å². The number of ether oxygens (including phenoxy) is 1. The van der Waals surface area contributed by atoms with Gasteiger partial charge < -0.3 is 4.74 Å². The average Bonchev–Trinajstić information content (AvgIpc) is 2.74. The van der Waals surface area contributed by atoms with Gasteiger partial charge in [-0.15, -0.1) is 11.3 Å². The number of aryl methyl sites for hydroxylation is 1. The fourth-order valence-corrected chi connectivity index (χ4v) is 2.03. The molecule has 3 nitrogen and oxygen atoms in total. The predicted molar refractivity (Wildman–Crippen MR) is 60.6 cm³/mol. The molecule has 1 unspecified atom stereocenters. The maximum Gasteiger partial charge on any atom is 0.411 e. The van der Waals surface area contributed by atoms with Crippen molar-refractivity contribution < 1.29 is 17.9 Å². The maximum absolute atomic E-state index is 11.8. The zero-order chi connectivity index (χ0) is 12.7. The van der Waals surface area contributed by atoms with Crippen molar-refractivity contribution in [3.8, 4) is 0 Å². The van der Waals surface area contributed by atoms with Gasteiger partial charge in [0, 0.05) is 10.9 Å². The monoisotopic (exact) mass is 268 g/mol. The highest BCUT2D eigenvalue weighted by Gasteiger charge is 2.27. The van der Waals surface area contributed by atoms with E-state index in [1.165, 1.54) is 4.88 Å². The number of halogens is 3. The minimum absolute atomic E-state index is 0.0403. The molecule has 98 valence electrons. The number of alkyl halides is 3. The van der Waals surface area contributed by atoms with Crippen molar-refractivity contribution in [2.45, 2.75) is 25.1 Å². The molecule has 0 amide bonds. The largest absolute Gasteiger partial charge is 0.411 e. The Kier molecular flexibility index (Phi) is 5.90. The fourth-order valence-electron chi connectivity index (χ4n) is 1.30. The highest BCUT2D eigenvalue weighted by Crippen LogP contribution is 2.15. The molecular formula is C10H15F3N2OS. The quantitative estimate of drug-likeness (QED) is 0.588. The van der Waals surface area contributed by atoms with Crippen LogP contribution >= 0.6 is 11.3 Å². The molecule has 0 spiro atoms. The van der Waals surface area contributed by atoms with E-state index in [0.717, 1.165) is 6.42 Å². The SMILES string of the molecule is NNC(CCc1cccs1)COCC(F)(F)F. The summed E-state index contributed by atoms with van der Waals surface area (Å²) in [6.45, 7) is -1.27. The summed E-state index contributed by atoms with van der Waals surface area (Å²) in [6.07, 6.45) is -2.86. The summed E-state index contributed by atoms with van der Waals surface area (Å²) in [5, 5.41) is 1.96. The van der Waals surface area contributed by atoms with Gasteiger partial charge in [0.2, 0.25) is 0 Å². The van der Waals surface area contributed by atoms with E-state index in [2.05, 4.69) is 10.2 Å². The van der Waals surface area contributed by atoms with E-state index < -0.39 is 12.8 Å². The molecule has 0 radical (unpaired) electrons. The van der Waals surface area contributed by atoms with Crippen LogP contribution in [0.2, 0.25) is 0 Å². The van der Waals surface area contributed by atoms with Crippen LogP contribution in [-0.2, 0) is 11.2 Å². The van der Waals surface area contributed by atoms with Crippen LogP contribution in [0.1, 0.15) is 11.3 Å². The third kappa shape index (κ3) is 6.62. The topological polar surface area (TPSA) is 47.3 Å². The highest BCUT2D eigenvalue weighted by molar-refractivity contribution is 7.09. The second-order valence-corrected chi connectivity index (χ2v) is 4.64. The van der Waals surface area contributed by atoms with E-state index in [9.17, 15) is 13.2 Å². The molecule has 7 heteroatoms. The number of nitrogens with two attached hydrogens (primary N) is 1. The van der Waals surface area contributed by atoms with Crippen molar-refractivity contribution >= 4 is 11.3 Å². The lowest BCUT2D eigenvalue weighted by molar-refractivity contribution is -0.175. The summed E-state index contributed by atoms with van der Waals surface area (Å²) in [7, 11) is 0.